The van der Waals surface area contributed by atoms with Crippen LogP contribution in [0, 0.1) is 0 Å². The zero-order valence-corrected chi connectivity index (χ0v) is 11.4. The summed E-state index contributed by atoms with van der Waals surface area (Å²) in [7, 11) is 0. The summed E-state index contributed by atoms with van der Waals surface area (Å²) in [4.78, 5) is 26.9. The molecule has 0 saturated heterocycles. The van der Waals surface area contributed by atoms with E-state index in [4.69, 9.17) is 4.74 Å². The number of ether oxygens (including phenoxy) is 1. The fourth-order valence-corrected chi connectivity index (χ4v) is 1.62. The van der Waals surface area contributed by atoms with Crippen molar-refractivity contribution in [3.8, 4) is 0 Å². The third kappa shape index (κ3) is 3.51. The Morgan fingerprint density at radius 3 is 2.70 bits per heavy atom. The average Bonchev–Trinajstić information content (AvgIpc) is 2.44. The maximum atomic E-state index is 11.5. The highest BCUT2D eigenvalue weighted by Gasteiger charge is 2.10. The van der Waals surface area contributed by atoms with E-state index in [1.165, 1.54) is 13.0 Å². The monoisotopic (exact) mass is 269 g/mol. The van der Waals surface area contributed by atoms with Crippen molar-refractivity contribution in [3.63, 3.8) is 0 Å². The van der Waals surface area contributed by atoms with Crippen LogP contribution >= 0.6 is 0 Å². The first-order chi connectivity index (χ1) is 9.56. The highest BCUT2D eigenvalue weighted by atomic mass is 16.5. The number of ketones is 1. The Bertz CT molecular complexity index is 676. The molecule has 1 heterocycles. The summed E-state index contributed by atoms with van der Waals surface area (Å²) < 4.78 is 4.92. The first-order valence-electron chi connectivity index (χ1n) is 6.31. The standard InChI is InChI=1S/C16H15NO3/c1-11(18)12(2)20-16(19)10-9-14-8-7-13-5-3-4-6-15(13)17-14/h3-10,12H,1-2H3/b10-9+. The van der Waals surface area contributed by atoms with E-state index in [0.29, 0.717) is 5.69 Å². The lowest BCUT2D eigenvalue weighted by molar-refractivity contribution is -0.148. The molecule has 0 amide bonds. The molecular formula is C16H15NO3. The second kappa shape index (κ2) is 6.10. The molecule has 1 unspecified atom stereocenters. The van der Waals surface area contributed by atoms with Crippen molar-refractivity contribution in [1.29, 1.82) is 0 Å². The first-order valence-corrected chi connectivity index (χ1v) is 6.31. The lowest BCUT2D eigenvalue weighted by Crippen LogP contribution is -2.20. The van der Waals surface area contributed by atoms with Gasteiger partial charge in [-0.2, -0.15) is 0 Å². The van der Waals surface area contributed by atoms with Gasteiger partial charge in [0.25, 0.3) is 0 Å². The maximum absolute atomic E-state index is 11.5. The molecule has 0 aliphatic rings. The van der Waals surface area contributed by atoms with Gasteiger partial charge in [0.1, 0.15) is 0 Å². The van der Waals surface area contributed by atoms with Crippen molar-refractivity contribution in [2.75, 3.05) is 0 Å². The predicted molar refractivity (Wildman–Crippen MR) is 77.0 cm³/mol. The molecule has 0 spiro atoms. The second-order valence-electron chi connectivity index (χ2n) is 4.45. The lowest BCUT2D eigenvalue weighted by atomic mass is 10.2. The summed E-state index contributed by atoms with van der Waals surface area (Å²) in [6, 6.07) is 11.5. The van der Waals surface area contributed by atoms with Gasteiger partial charge in [0, 0.05) is 11.5 Å². The van der Waals surface area contributed by atoms with Gasteiger partial charge in [-0.3, -0.25) is 4.79 Å². The molecule has 1 aromatic heterocycles. The fraction of sp³-hybridized carbons (Fsp3) is 0.188. The van der Waals surface area contributed by atoms with Gasteiger partial charge in [0.15, 0.2) is 11.9 Å². The SMILES string of the molecule is CC(=O)C(C)OC(=O)/C=C/c1ccc2ccccc2n1. The summed E-state index contributed by atoms with van der Waals surface area (Å²) in [5.74, 6) is -0.738. The van der Waals surface area contributed by atoms with Gasteiger partial charge in [-0.1, -0.05) is 24.3 Å². The van der Waals surface area contributed by atoms with E-state index in [1.807, 2.05) is 36.4 Å². The highest BCUT2D eigenvalue weighted by molar-refractivity contribution is 5.90. The summed E-state index contributed by atoms with van der Waals surface area (Å²) in [6.07, 6.45) is 2.12. The van der Waals surface area contributed by atoms with E-state index < -0.39 is 12.1 Å². The molecule has 4 nitrogen and oxygen atoms in total. The third-order valence-corrected chi connectivity index (χ3v) is 2.88. The number of para-hydroxylation sites is 1. The van der Waals surface area contributed by atoms with Gasteiger partial charge in [-0.15, -0.1) is 0 Å². The average molecular weight is 269 g/mol. The molecule has 0 bridgehead atoms. The Hall–Kier alpha value is -2.49. The van der Waals surface area contributed by atoms with Crippen LogP contribution in [0.5, 0.6) is 0 Å². The van der Waals surface area contributed by atoms with Crippen molar-refractivity contribution in [1.82, 2.24) is 4.98 Å². The zero-order chi connectivity index (χ0) is 14.5. The fourth-order valence-electron chi connectivity index (χ4n) is 1.62. The number of carbonyl (C=O) groups excluding carboxylic acids is 2. The molecule has 0 radical (unpaired) electrons. The summed E-state index contributed by atoms with van der Waals surface area (Å²) >= 11 is 0. The molecule has 2 rings (SSSR count). The van der Waals surface area contributed by atoms with E-state index in [-0.39, 0.29) is 5.78 Å². The number of fused-ring (bicyclic) bond motifs is 1. The van der Waals surface area contributed by atoms with E-state index in [0.717, 1.165) is 10.9 Å². The number of nitrogens with zero attached hydrogens (tertiary/aromatic N) is 1. The first kappa shape index (κ1) is 13.9. The third-order valence-electron chi connectivity index (χ3n) is 2.88. The van der Waals surface area contributed by atoms with Gasteiger partial charge in [-0.25, -0.2) is 9.78 Å². The van der Waals surface area contributed by atoms with Crippen LogP contribution in [0.1, 0.15) is 19.5 Å². The van der Waals surface area contributed by atoms with Crippen molar-refractivity contribution in [2.24, 2.45) is 0 Å². The van der Waals surface area contributed by atoms with E-state index in [1.54, 1.807) is 13.0 Å². The molecule has 2 aromatic rings. The van der Waals surface area contributed by atoms with Crippen molar-refractivity contribution < 1.29 is 14.3 Å². The van der Waals surface area contributed by atoms with E-state index in [9.17, 15) is 9.59 Å². The molecule has 1 atom stereocenters. The molecular weight excluding hydrogens is 254 g/mol. The molecule has 0 saturated carbocycles. The lowest BCUT2D eigenvalue weighted by Gasteiger charge is -2.06. The molecule has 102 valence electrons. The molecule has 0 aliphatic carbocycles. The van der Waals surface area contributed by atoms with Crippen molar-refractivity contribution in [3.05, 3.63) is 48.2 Å². The van der Waals surface area contributed by atoms with Crippen LogP contribution in [-0.4, -0.2) is 22.8 Å². The van der Waals surface area contributed by atoms with Gasteiger partial charge in [0.2, 0.25) is 0 Å². The Morgan fingerprint density at radius 2 is 1.95 bits per heavy atom. The molecule has 20 heavy (non-hydrogen) atoms. The van der Waals surface area contributed by atoms with Gasteiger partial charge in [0.05, 0.1) is 11.2 Å². The minimum Gasteiger partial charge on any atom is -0.452 e. The Labute approximate surface area is 117 Å². The molecule has 0 N–H and O–H groups in total. The van der Waals surface area contributed by atoms with Crippen LogP contribution in [0.3, 0.4) is 0 Å². The van der Waals surface area contributed by atoms with Crippen LogP contribution in [0.15, 0.2) is 42.5 Å². The van der Waals surface area contributed by atoms with Crippen LogP contribution in [0.4, 0.5) is 0 Å². The van der Waals surface area contributed by atoms with Crippen molar-refractivity contribution >= 4 is 28.7 Å². The van der Waals surface area contributed by atoms with Crippen LogP contribution < -0.4 is 0 Å². The number of rotatable bonds is 4. The number of hydrogen-bond acceptors (Lipinski definition) is 4. The minimum atomic E-state index is -0.725. The van der Waals surface area contributed by atoms with E-state index >= 15 is 0 Å². The van der Waals surface area contributed by atoms with Crippen molar-refractivity contribution in [2.45, 2.75) is 20.0 Å². The Kier molecular flexibility index (Phi) is 4.25. The highest BCUT2D eigenvalue weighted by Crippen LogP contribution is 2.12. The number of aromatic nitrogens is 1. The Morgan fingerprint density at radius 1 is 1.20 bits per heavy atom. The van der Waals surface area contributed by atoms with Gasteiger partial charge >= 0.3 is 5.97 Å². The summed E-state index contributed by atoms with van der Waals surface area (Å²) in [6.45, 7) is 2.93. The number of carbonyl (C=O) groups is 2. The van der Waals surface area contributed by atoms with Crippen LogP contribution in [-0.2, 0) is 14.3 Å². The molecule has 4 heteroatoms. The second-order valence-corrected chi connectivity index (χ2v) is 4.45. The minimum absolute atomic E-state index is 0.185. The number of pyridine rings is 1. The Balaban J connectivity index is 2.09. The largest absolute Gasteiger partial charge is 0.452 e. The van der Waals surface area contributed by atoms with E-state index in [2.05, 4.69) is 4.98 Å². The van der Waals surface area contributed by atoms with Gasteiger partial charge < -0.3 is 4.74 Å². The molecule has 1 aromatic carbocycles. The molecule has 0 aliphatic heterocycles. The maximum Gasteiger partial charge on any atom is 0.331 e. The quantitative estimate of drug-likeness (QED) is 0.632. The smallest absolute Gasteiger partial charge is 0.331 e. The topological polar surface area (TPSA) is 56.3 Å². The summed E-state index contributed by atoms with van der Waals surface area (Å²) in [5, 5.41) is 1.04. The zero-order valence-electron chi connectivity index (χ0n) is 11.4. The summed E-state index contributed by atoms with van der Waals surface area (Å²) in [5.41, 5.74) is 1.52. The number of benzene rings is 1. The number of hydrogen-bond donors (Lipinski definition) is 0. The number of esters is 1. The number of Topliss-reactive ketones (excluding diaryl/α,β-unsaturated/α-hetero) is 1. The van der Waals surface area contributed by atoms with Crippen LogP contribution in [0.2, 0.25) is 0 Å². The molecule has 0 fully saturated rings. The normalized spacial score (nSPS) is 12.5. The van der Waals surface area contributed by atoms with Gasteiger partial charge in [-0.05, 0) is 32.1 Å². The van der Waals surface area contributed by atoms with Crippen LogP contribution in [0.25, 0.3) is 17.0 Å². The predicted octanol–water partition coefficient (Wildman–Crippen LogP) is 2.77.